The molecule has 3 N–H and O–H groups in total. The third-order valence-electron chi connectivity index (χ3n) is 5.87. The molecule has 0 radical (unpaired) electrons. The first kappa shape index (κ1) is 31.5. The maximum Gasteiger partial charge on any atom is 1.00 e. The maximum atomic E-state index is 12.0. The first-order chi connectivity index (χ1) is 18.2. The Balaban J connectivity index is 0.00000441. The molecule has 0 fully saturated rings. The van der Waals surface area contributed by atoms with Crippen LogP contribution in [0.25, 0.3) is 10.8 Å². The van der Waals surface area contributed by atoms with Crippen LogP contribution < -0.4 is 29.6 Å². The Labute approximate surface area is 253 Å². The van der Waals surface area contributed by atoms with Crippen molar-refractivity contribution in [1.29, 1.82) is 0 Å². The van der Waals surface area contributed by atoms with Gasteiger partial charge in [0.2, 0.25) is 0 Å². The molecule has 4 rings (SSSR count). The molecule has 0 saturated carbocycles. The molecule has 0 unspecified atom stereocenters. The van der Waals surface area contributed by atoms with Gasteiger partial charge in [-0.2, -0.15) is 16.8 Å². The van der Waals surface area contributed by atoms with Crippen LogP contribution in [0.4, 0.5) is 22.7 Å². The normalized spacial score (nSPS) is 12.3. The standard InChI is InChI=1S/C26H24N4O7S2.Na/c1-14-9-16(3)24(22(11-14)38(32,33)34)29-27-20-13-21(26(31)19-8-6-5-7-18(19)20)28-30-25-17(4)10-15(2)12-23(25)39(35,36)37;/h5-13,31H,1-4H3,(H,32,33,34)(H,35,36,37);/q;+1. The van der Waals surface area contributed by atoms with Gasteiger partial charge in [-0.15, -0.1) is 20.5 Å². The van der Waals surface area contributed by atoms with E-state index < -0.39 is 30.0 Å². The van der Waals surface area contributed by atoms with Crippen LogP contribution in [0.2, 0.25) is 0 Å². The number of phenols is 1. The number of rotatable bonds is 6. The summed E-state index contributed by atoms with van der Waals surface area (Å²) in [7, 11) is -9.22. The minimum Gasteiger partial charge on any atom is -0.505 e. The SMILES string of the molecule is Cc1cc(C)c(N=Nc2cc(N=Nc3c(C)cc(C)cc3S(=O)(=O)O)c3ccccc3c2O)c(S(=O)(=O)O)c1.[Na+]. The minimum atomic E-state index is -4.62. The van der Waals surface area contributed by atoms with Gasteiger partial charge in [0.15, 0.2) is 5.75 Å². The van der Waals surface area contributed by atoms with Gasteiger partial charge in [-0.05, 0) is 68.1 Å². The van der Waals surface area contributed by atoms with Crippen LogP contribution in [0.1, 0.15) is 22.3 Å². The van der Waals surface area contributed by atoms with Gasteiger partial charge in [-0.3, -0.25) is 9.11 Å². The number of hydrogen-bond donors (Lipinski definition) is 3. The zero-order valence-electron chi connectivity index (χ0n) is 22.3. The van der Waals surface area contributed by atoms with Crippen LogP contribution >= 0.6 is 0 Å². The summed E-state index contributed by atoms with van der Waals surface area (Å²) in [6.45, 7) is 6.57. The van der Waals surface area contributed by atoms with Crippen molar-refractivity contribution < 1.29 is 60.6 Å². The predicted molar refractivity (Wildman–Crippen MR) is 145 cm³/mol. The number of aryl methyl sites for hydroxylation is 4. The summed E-state index contributed by atoms with van der Waals surface area (Å²) in [4.78, 5) is -0.837. The Kier molecular flexibility index (Phi) is 9.31. The molecule has 0 saturated heterocycles. The van der Waals surface area contributed by atoms with E-state index in [9.17, 15) is 31.0 Å². The molecule has 0 aromatic heterocycles. The average Bonchev–Trinajstić information content (AvgIpc) is 2.83. The van der Waals surface area contributed by atoms with Gasteiger partial charge < -0.3 is 5.11 Å². The van der Waals surface area contributed by atoms with E-state index in [4.69, 9.17) is 0 Å². The molecule has 0 atom stereocenters. The van der Waals surface area contributed by atoms with Gasteiger partial charge in [-0.25, -0.2) is 0 Å². The van der Waals surface area contributed by atoms with Gasteiger partial charge >= 0.3 is 29.6 Å². The summed E-state index contributed by atoms with van der Waals surface area (Å²) in [6.07, 6.45) is 0. The molecule has 0 bridgehead atoms. The molecular weight excluding hydrogens is 567 g/mol. The maximum absolute atomic E-state index is 12.0. The molecule has 202 valence electrons. The number of azo groups is 2. The summed E-state index contributed by atoms with van der Waals surface area (Å²) in [5.41, 5.74) is 2.02. The molecule has 0 aliphatic rings. The molecule has 0 aliphatic heterocycles. The van der Waals surface area contributed by atoms with Crippen LogP contribution in [-0.2, 0) is 20.2 Å². The summed E-state index contributed by atoms with van der Waals surface area (Å²) < 4.78 is 67.3. The smallest absolute Gasteiger partial charge is 0.505 e. The molecule has 0 aliphatic carbocycles. The zero-order chi connectivity index (χ0) is 28.7. The topological polar surface area (TPSA) is 178 Å². The van der Waals surface area contributed by atoms with Crippen molar-refractivity contribution >= 4 is 53.8 Å². The molecule has 11 nitrogen and oxygen atoms in total. The number of nitrogens with zero attached hydrogens (tertiary/aromatic N) is 4. The third-order valence-corrected chi connectivity index (χ3v) is 7.60. The summed E-state index contributed by atoms with van der Waals surface area (Å²) in [5.74, 6) is -0.267. The van der Waals surface area contributed by atoms with Gasteiger partial charge in [0, 0.05) is 10.8 Å². The van der Waals surface area contributed by atoms with Gasteiger partial charge in [-0.1, -0.05) is 36.4 Å². The largest absolute Gasteiger partial charge is 1.00 e. The Morgan fingerprint density at radius 1 is 0.600 bits per heavy atom. The Morgan fingerprint density at radius 2 is 1.02 bits per heavy atom. The fourth-order valence-corrected chi connectivity index (χ4v) is 5.75. The fourth-order valence-electron chi connectivity index (χ4n) is 4.18. The molecular formula is C26H24N4NaO7S2+. The van der Waals surface area contributed by atoms with Crippen molar-refractivity contribution in [2.24, 2.45) is 20.5 Å². The van der Waals surface area contributed by atoms with Gasteiger partial charge in [0.1, 0.15) is 26.9 Å². The molecule has 0 spiro atoms. The summed E-state index contributed by atoms with van der Waals surface area (Å²) in [5, 5.41) is 28.1. The second kappa shape index (κ2) is 11.8. The molecule has 4 aromatic rings. The minimum absolute atomic E-state index is 0. The van der Waals surface area contributed by atoms with Crippen LogP contribution in [0, 0.1) is 27.7 Å². The van der Waals surface area contributed by atoms with Crippen LogP contribution in [-0.4, -0.2) is 31.0 Å². The Bertz CT molecular complexity index is 1920. The zero-order valence-corrected chi connectivity index (χ0v) is 25.9. The van der Waals surface area contributed by atoms with Gasteiger partial charge in [0.25, 0.3) is 20.2 Å². The van der Waals surface area contributed by atoms with E-state index >= 15 is 0 Å². The van der Waals surface area contributed by atoms with E-state index in [1.54, 1.807) is 64.1 Å². The number of benzene rings is 4. The molecule has 4 aromatic carbocycles. The Morgan fingerprint density at radius 3 is 1.48 bits per heavy atom. The van der Waals surface area contributed by atoms with Crippen molar-refractivity contribution in [3.8, 4) is 5.75 Å². The summed E-state index contributed by atoms with van der Waals surface area (Å²) in [6, 6.07) is 13.9. The number of aromatic hydroxyl groups is 1. The summed E-state index contributed by atoms with van der Waals surface area (Å²) >= 11 is 0. The third kappa shape index (κ3) is 6.63. The van der Waals surface area contributed by atoms with E-state index in [1.165, 1.54) is 18.2 Å². The van der Waals surface area contributed by atoms with Gasteiger partial charge in [0.05, 0.1) is 5.69 Å². The van der Waals surface area contributed by atoms with E-state index in [1.807, 2.05) is 0 Å². The number of phenolic OH excluding ortho intramolecular Hbond substituents is 1. The quantitative estimate of drug-likeness (QED) is 0.171. The second-order valence-electron chi connectivity index (χ2n) is 9.02. The van der Waals surface area contributed by atoms with Crippen LogP contribution in [0.5, 0.6) is 5.75 Å². The first-order valence-corrected chi connectivity index (χ1v) is 14.3. The molecule has 0 heterocycles. The van der Waals surface area contributed by atoms with Crippen molar-refractivity contribution in [1.82, 2.24) is 0 Å². The van der Waals surface area contributed by atoms with Crippen molar-refractivity contribution in [2.45, 2.75) is 37.5 Å². The number of fused-ring (bicyclic) bond motifs is 1. The van der Waals surface area contributed by atoms with E-state index in [-0.39, 0.29) is 58.1 Å². The Hall–Kier alpha value is -3.04. The van der Waals surface area contributed by atoms with Crippen LogP contribution in [0.3, 0.4) is 0 Å². The van der Waals surface area contributed by atoms with E-state index in [0.717, 1.165) is 0 Å². The molecule has 14 heteroatoms. The second-order valence-corrected chi connectivity index (χ2v) is 11.8. The van der Waals surface area contributed by atoms with E-state index in [0.29, 0.717) is 33.0 Å². The first-order valence-electron chi connectivity index (χ1n) is 11.4. The monoisotopic (exact) mass is 591 g/mol. The number of hydrogen-bond acceptors (Lipinski definition) is 9. The van der Waals surface area contributed by atoms with Crippen molar-refractivity contribution in [2.75, 3.05) is 0 Å². The fraction of sp³-hybridized carbons (Fsp3) is 0.154. The van der Waals surface area contributed by atoms with Crippen molar-refractivity contribution in [3.05, 3.63) is 76.9 Å². The molecule has 40 heavy (non-hydrogen) atoms. The molecule has 0 amide bonds. The predicted octanol–water partition coefficient (Wildman–Crippen LogP) is 4.11. The average molecular weight is 592 g/mol. The van der Waals surface area contributed by atoms with Crippen molar-refractivity contribution in [3.63, 3.8) is 0 Å². The van der Waals surface area contributed by atoms with E-state index in [2.05, 4.69) is 20.5 Å². The van der Waals surface area contributed by atoms with Crippen LogP contribution in [0.15, 0.2) is 84.8 Å².